The van der Waals surface area contributed by atoms with Gasteiger partial charge >= 0.3 is 0 Å². The average molecular weight is 295 g/mol. The molecule has 1 aromatic rings. The van der Waals surface area contributed by atoms with Gasteiger partial charge in [-0.15, -0.1) is 0 Å². The minimum atomic E-state index is -0.488. The molecule has 2 unspecified atom stereocenters. The molecule has 0 amide bonds. The lowest BCUT2D eigenvalue weighted by atomic mass is 10.0. The summed E-state index contributed by atoms with van der Waals surface area (Å²) in [4.78, 5) is 2.54. The molecule has 120 valence electrons. The van der Waals surface area contributed by atoms with Crippen LogP contribution in [0, 0.1) is 0 Å². The standard InChI is InChI=1S/C17H29NO3/c1-2-20-12-7-11-18-10-5-3-4-8-15(18)14-16(19)17-9-6-13-21-17/h6,9,13,15-16,19H,2-5,7-8,10-12,14H2,1H3. The van der Waals surface area contributed by atoms with Crippen molar-refractivity contribution in [3.63, 3.8) is 0 Å². The first kappa shape index (κ1) is 16.5. The molecule has 0 aromatic carbocycles. The van der Waals surface area contributed by atoms with E-state index in [9.17, 15) is 5.11 Å². The van der Waals surface area contributed by atoms with Gasteiger partial charge in [0, 0.05) is 25.8 Å². The zero-order valence-corrected chi connectivity index (χ0v) is 13.2. The summed E-state index contributed by atoms with van der Waals surface area (Å²) in [6, 6.07) is 4.15. The molecule has 1 aromatic heterocycles. The average Bonchev–Trinajstić information content (AvgIpc) is 2.94. The summed E-state index contributed by atoms with van der Waals surface area (Å²) in [5.74, 6) is 0.688. The molecule has 4 nitrogen and oxygen atoms in total. The first-order valence-electron chi connectivity index (χ1n) is 8.34. The van der Waals surface area contributed by atoms with E-state index < -0.39 is 6.10 Å². The number of aliphatic hydroxyl groups excluding tert-OH is 1. The van der Waals surface area contributed by atoms with Gasteiger partial charge in [0.2, 0.25) is 0 Å². The van der Waals surface area contributed by atoms with Crippen molar-refractivity contribution in [3.8, 4) is 0 Å². The predicted octanol–water partition coefficient (Wildman–Crippen LogP) is 3.37. The summed E-state index contributed by atoms with van der Waals surface area (Å²) in [7, 11) is 0. The molecule has 2 atom stereocenters. The van der Waals surface area contributed by atoms with Crippen molar-refractivity contribution < 1.29 is 14.3 Å². The van der Waals surface area contributed by atoms with E-state index in [1.807, 2.05) is 19.1 Å². The van der Waals surface area contributed by atoms with Crippen LogP contribution in [0.15, 0.2) is 22.8 Å². The molecule has 1 N–H and O–H groups in total. The van der Waals surface area contributed by atoms with Crippen molar-refractivity contribution >= 4 is 0 Å². The lowest BCUT2D eigenvalue weighted by Crippen LogP contribution is -2.37. The molecular weight excluding hydrogens is 266 g/mol. The van der Waals surface area contributed by atoms with E-state index in [1.165, 1.54) is 25.7 Å². The van der Waals surface area contributed by atoms with Crippen LogP contribution in [-0.2, 0) is 4.74 Å². The molecule has 0 spiro atoms. The van der Waals surface area contributed by atoms with Gasteiger partial charge in [-0.1, -0.05) is 12.8 Å². The first-order valence-corrected chi connectivity index (χ1v) is 8.34. The minimum Gasteiger partial charge on any atom is -0.467 e. The zero-order chi connectivity index (χ0) is 14.9. The number of hydrogen-bond donors (Lipinski definition) is 1. The molecule has 0 bridgehead atoms. The van der Waals surface area contributed by atoms with E-state index in [0.717, 1.165) is 39.1 Å². The number of nitrogens with zero attached hydrogens (tertiary/aromatic N) is 1. The highest BCUT2D eigenvalue weighted by molar-refractivity contribution is 5.02. The topological polar surface area (TPSA) is 45.8 Å². The van der Waals surface area contributed by atoms with Gasteiger partial charge in [0.1, 0.15) is 11.9 Å². The molecular formula is C17H29NO3. The van der Waals surface area contributed by atoms with Crippen molar-refractivity contribution in [2.75, 3.05) is 26.3 Å². The highest BCUT2D eigenvalue weighted by atomic mass is 16.5. The second kappa shape index (κ2) is 9.23. The second-order valence-corrected chi connectivity index (χ2v) is 5.86. The summed E-state index contributed by atoms with van der Waals surface area (Å²) >= 11 is 0. The summed E-state index contributed by atoms with van der Waals surface area (Å²) < 4.78 is 10.8. The number of ether oxygens (including phenoxy) is 1. The molecule has 1 aliphatic rings. The van der Waals surface area contributed by atoms with Crippen LogP contribution in [0.3, 0.4) is 0 Å². The van der Waals surface area contributed by atoms with Crippen molar-refractivity contribution in [2.24, 2.45) is 0 Å². The molecule has 1 aliphatic heterocycles. The normalized spacial score (nSPS) is 22.1. The Bertz CT molecular complexity index is 366. The largest absolute Gasteiger partial charge is 0.467 e. The van der Waals surface area contributed by atoms with Crippen LogP contribution < -0.4 is 0 Å². The molecule has 1 saturated heterocycles. The molecule has 2 rings (SSSR count). The second-order valence-electron chi connectivity index (χ2n) is 5.86. The van der Waals surface area contributed by atoms with Gasteiger partial charge in [-0.2, -0.15) is 0 Å². The summed E-state index contributed by atoms with van der Waals surface area (Å²) in [5.41, 5.74) is 0. The first-order chi connectivity index (χ1) is 10.3. The van der Waals surface area contributed by atoms with E-state index in [-0.39, 0.29) is 0 Å². The minimum absolute atomic E-state index is 0.453. The molecule has 1 fully saturated rings. The SMILES string of the molecule is CCOCCCN1CCCCCC1CC(O)c1ccco1. The molecule has 0 saturated carbocycles. The lowest BCUT2D eigenvalue weighted by Gasteiger charge is -2.31. The van der Waals surface area contributed by atoms with Crippen LogP contribution in [0.25, 0.3) is 0 Å². The third-order valence-corrected chi connectivity index (χ3v) is 4.30. The molecule has 4 heteroatoms. The molecule has 21 heavy (non-hydrogen) atoms. The van der Waals surface area contributed by atoms with Crippen molar-refractivity contribution in [1.29, 1.82) is 0 Å². The van der Waals surface area contributed by atoms with Crippen LogP contribution in [0.1, 0.15) is 57.3 Å². The van der Waals surface area contributed by atoms with Crippen molar-refractivity contribution in [2.45, 2.75) is 57.6 Å². The number of aliphatic hydroxyl groups is 1. The maximum atomic E-state index is 10.3. The van der Waals surface area contributed by atoms with Gasteiger partial charge in [-0.25, -0.2) is 0 Å². The van der Waals surface area contributed by atoms with Crippen LogP contribution in [0.2, 0.25) is 0 Å². The zero-order valence-electron chi connectivity index (χ0n) is 13.2. The van der Waals surface area contributed by atoms with Crippen molar-refractivity contribution in [3.05, 3.63) is 24.2 Å². The van der Waals surface area contributed by atoms with Crippen LogP contribution in [-0.4, -0.2) is 42.4 Å². The fourth-order valence-electron chi connectivity index (χ4n) is 3.17. The van der Waals surface area contributed by atoms with Crippen LogP contribution in [0.5, 0.6) is 0 Å². The predicted molar refractivity (Wildman–Crippen MR) is 83.2 cm³/mol. The van der Waals surface area contributed by atoms with E-state index in [1.54, 1.807) is 6.26 Å². The van der Waals surface area contributed by atoms with E-state index in [4.69, 9.17) is 9.15 Å². The quantitative estimate of drug-likeness (QED) is 0.747. The Balaban J connectivity index is 1.85. The van der Waals surface area contributed by atoms with Gasteiger partial charge < -0.3 is 19.2 Å². The Kier molecular flexibility index (Phi) is 7.27. The fourth-order valence-corrected chi connectivity index (χ4v) is 3.17. The molecule has 0 radical (unpaired) electrons. The number of rotatable bonds is 8. The maximum absolute atomic E-state index is 10.3. The van der Waals surface area contributed by atoms with Gasteiger partial charge in [-0.3, -0.25) is 0 Å². The Morgan fingerprint density at radius 1 is 1.43 bits per heavy atom. The Morgan fingerprint density at radius 2 is 2.33 bits per heavy atom. The number of furan rings is 1. The van der Waals surface area contributed by atoms with Crippen LogP contribution in [0.4, 0.5) is 0 Å². The van der Waals surface area contributed by atoms with Crippen molar-refractivity contribution in [1.82, 2.24) is 4.90 Å². The molecule has 2 heterocycles. The Morgan fingerprint density at radius 3 is 3.10 bits per heavy atom. The number of likely N-dealkylation sites (tertiary alicyclic amines) is 1. The third kappa shape index (κ3) is 5.46. The monoisotopic (exact) mass is 295 g/mol. The Labute approximate surface area is 128 Å². The van der Waals surface area contributed by atoms with Crippen LogP contribution >= 0.6 is 0 Å². The van der Waals surface area contributed by atoms with E-state index in [2.05, 4.69) is 4.90 Å². The fraction of sp³-hybridized carbons (Fsp3) is 0.765. The summed E-state index contributed by atoms with van der Waals surface area (Å²) in [6.45, 7) is 5.87. The Hall–Kier alpha value is -0.840. The van der Waals surface area contributed by atoms with Gasteiger partial charge in [0.25, 0.3) is 0 Å². The smallest absolute Gasteiger partial charge is 0.132 e. The summed E-state index contributed by atoms with van der Waals surface area (Å²) in [6.07, 6.45) is 7.98. The van der Waals surface area contributed by atoms with E-state index >= 15 is 0 Å². The van der Waals surface area contributed by atoms with E-state index in [0.29, 0.717) is 11.8 Å². The highest BCUT2D eigenvalue weighted by Gasteiger charge is 2.24. The van der Waals surface area contributed by atoms with Gasteiger partial charge in [0.05, 0.1) is 6.26 Å². The highest BCUT2D eigenvalue weighted by Crippen LogP contribution is 2.26. The third-order valence-electron chi connectivity index (χ3n) is 4.30. The number of hydrogen-bond acceptors (Lipinski definition) is 4. The molecule has 0 aliphatic carbocycles. The lowest BCUT2D eigenvalue weighted by molar-refractivity contribution is 0.0771. The van der Waals surface area contributed by atoms with Gasteiger partial charge in [0.15, 0.2) is 0 Å². The summed E-state index contributed by atoms with van der Waals surface area (Å²) in [5, 5.41) is 10.3. The maximum Gasteiger partial charge on any atom is 0.132 e. The van der Waals surface area contributed by atoms with Gasteiger partial charge in [-0.05, 0) is 51.3 Å².